The van der Waals surface area contributed by atoms with Gasteiger partial charge in [-0.25, -0.2) is 0 Å². The largest absolute Gasteiger partial charge is 0.322 e. The highest BCUT2D eigenvalue weighted by atomic mass is 35.5. The minimum atomic E-state index is -0.0522. The molecule has 2 atom stereocenters. The molecule has 3 heteroatoms. The summed E-state index contributed by atoms with van der Waals surface area (Å²) in [5.41, 5.74) is 6.89. The molecular formula is C11H17ClN2. The van der Waals surface area contributed by atoms with E-state index >= 15 is 0 Å². The first-order valence-electron chi connectivity index (χ1n) is 5.02. The fourth-order valence-corrected chi connectivity index (χ4v) is 1.80. The summed E-state index contributed by atoms with van der Waals surface area (Å²) in [5.74, 6) is 0.424. The molecule has 0 aliphatic heterocycles. The van der Waals surface area contributed by atoms with E-state index in [1.165, 1.54) is 0 Å². The first-order valence-corrected chi connectivity index (χ1v) is 5.40. The van der Waals surface area contributed by atoms with E-state index in [2.05, 4.69) is 18.8 Å². The molecule has 0 saturated carbocycles. The smallest absolute Gasteiger partial charge is 0.0759 e. The molecule has 0 aliphatic rings. The second-order valence-corrected chi connectivity index (χ2v) is 4.07. The van der Waals surface area contributed by atoms with Crippen LogP contribution < -0.4 is 5.73 Å². The third-order valence-corrected chi connectivity index (χ3v) is 2.78. The Morgan fingerprint density at radius 2 is 2.29 bits per heavy atom. The Hall–Kier alpha value is -0.600. The van der Waals surface area contributed by atoms with Crippen LogP contribution >= 0.6 is 11.6 Å². The zero-order valence-corrected chi connectivity index (χ0v) is 9.46. The molecule has 78 valence electrons. The number of nitrogens with zero attached hydrogens (tertiary/aromatic N) is 1. The molecule has 0 amide bonds. The normalized spacial score (nSPS) is 15.1. The number of nitrogens with two attached hydrogens (primary N) is 1. The van der Waals surface area contributed by atoms with Gasteiger partial charge < -0.3 is 5.73 Å². The van der Waals surface area contributed by atoms with Gasteiger partial charge in [-0.1, -0.05) is 31.9 Å². The quantitative estimate of drug-likeness (QED) is 0.833. The molecule has 2 unspecified atom stereocenters. The van der Waals surface area contributed by atoms with Crippen LogP contribution in [0.2, 0.25) is 5.02 Å². The summed E-state index contributed by atoms with van der Waals surface area (Å²) in [6.07, 6.45) is 3.98. The van der Waals surface area contributed by atoms with Gasteiger partial charge in [0.2, 0.25) is 0 Å². The van der Waals surface area contributed by atoms with E-state index in [1.807, 2.05) is 12.1 Å². The topological polar surface area (TPSA) is 38.9 Å². The molecular weight excluding hydrogens is 196 g/mol. The standard InChI is InChI=1S/C11H17ClN2/c1-3-5-8(2)10(13)11-9(12)6-4-7-14-11/h4,6-8,10H,3,5,13H2,1-2H3. The minimum Gasteiger partial charge on any atom is -0.322 e. The maximum absolute atomic E-state index is 6.08. The summed E-state index contributed by atoms with van der Waals surface area (Å²) in [7, 11) is 0. The summed E-state index contributed by atoms with van der Waals surface area (Å²) in [6.45, 7) is 4.29. The van der Waals surface area contributed by atoms with Gasteiger partial charge in [-0.15, -0.1) is 0 Å². The summed E-state index contributed by atoms with van der Waals surface area (Å²) < 4.78 is 0. The maximum atomic E-state index is 6.08. The van der Waals surface area contributed by atoms with Gasteiger partial charge in [0.25, 0.3) is 0 Å². The van der Waals surface area contributed by atoms with Crippen molar-refractivity contribution in [2.24, 2.45) is 11.7 Å². The first-order chi connectivity index (χ1) is 6.66. The van der Waals surface area contributed by atoms with Crippen molar-refractivity contribution < 1.29 is 0 Å². The number of hydrogen-bond donors (Lipinski definition) is 1. The highest BCUT2D eigenvalue weighted by Crippen LogP contribution is 2.26. The van der Waals surface area contributed by atoms with Crippen molar-refractivity contribution in [3.63, 3.8) is 0 Å². The van der Waals surface area contributed by atoms with Gasteiger partial charge in [-0.05, 0) is 24.5 Å². The molecule has 0 aliphatic carbocycles. The van der Waals surface area contributed by atoms with Crippen LogP contribution in [0.4, 0.5) is 0 Å². The highest BCUT2D eigenvalue weighted by molar-refractivity contribution is 6.31. The lowest BCUT2D eigenvalue weighted by Gasteiger charge is -2.19. The van der Waals surface area contributed by atoms with Gasteiger partial charge in [-0.3, -0.25) is 4.98 Å². The Bertz CT molecular complexity index is 288. The lowest BCUT2D eigenvalue weighted by atomic mass is 9.95. The van der Waals surface area contributed by atoms with Crippen LogP contribution in [0.5, 0.6) is 0 Å². The number of pyridine rings is 1. The minimum absolute atomic E-state index is 0.0522. The zero-order chi connectivity index (χ0) is 10.6. The summed E-state index contributed by atoms with van der Waals surface area (Å²) in [5, 5.41) is 0.669. The predicted octanol–water partition coefficient (Wildman–Crippen LogP) is 3.17. The van der Waals surface area contributed by atoms with Gasteiger partial charge >= 0.3 is 0 Å². The van der Waals surface area contributed by atoms with Crippen molar-refractivity contribution in [3.8, 4) is 0 Å². The molecule has 0 aromatic carbocycles. The average molecular weight is 213 g/mol. The number of aromatic nitrogens is 1. The SMILES string of the molecule is CCCC(C)C(N)c1ncccc1Cl. The molecule has 1 heterocycles. The van der Waals surface area contributed by atoms with Crippen molar-refractivity contribution in [2.75, 3.05) is 0 Å². The molecule has 0 fully saturated rings. The zero-order valence-electron chi connectivity index (χ0n) is 8.70. The van der Waals surface area contributed by atoms with E-state index in [0.717, 1.165) is 18.5 Å². The Kier molecular flexibility index (Phi) is 4.36. The van der Waals surface area contributed by atoms with Crippen LogP contribution in [0.25, 0.3) is 0 Å². The second kappa shape index (κ2) is 5.32. The molecule has 2 N–H and O–H groups in total. The van der Waals surface area contributed by atoms with Crippen LogP contribution in [0.3, 0.4) is 0 Å². The van der Waals surface area contributed by atoms with E-state index in [-0.39, 0.29) is 6.04 Å². The summed E-state index contributed by atoms with van der Waals surface area (Å²) >= 11 is 6.02. The van der Waals surface area contributed by atoms with Crippen molar-refractivity contribution in [1.82, 2.24) is 4.98 Å². The Labute approximate surface area is 90.5 Å². The van der Waals surface area contributed by atoms with Crippen LogP contribution in [0.15, 0.2) is 18.3 Å². The molecule has 0 saturated heterocycles. The third kappa shape index (κ3) is 2.69. The molecule has 14 heavy (non-hydrogen) atoms. The molecule has 2 nitrogen and oxygen atoms in total. The monoisotopic (exact) mass is 212 g/mol. The number of halogens is 1. The fourth-order valence-electron chi connectivity index (χ4n) is 1.55. The van der Waals surface area contributed by atoms with E-state index in [9.17, 15) is 0 Å². The second-order valence-electron chi connectivity index (χ2n) is 3.66. The Morgan fingerprint density at radius 1 is 1.57 bits per heavy atom. The summed E-state index contributed by atoms with van der Waals surface area (Å²) in [6, 6.07) is 3.61. The van der Waals surface area contributed by atoms with E-state index in [0.29, 0.717) is 10.9 Å². The highest BCUT2D eigenvalue weighted by Gasteiger charge is 2.17. The molecule has 0 spiro atoms. The third-order valence-electron chi connectivity index (χ3n) is 2.46. The lowest BCUT2D eigenvalue weighted by molar-refractivity contribution is 0.426. The Morgan fingerprint density at radius 3 is 2.86 bits per heavy atom. The van der Waals surface area contributed by atoms with Crippen molar-refractivity contribution >= 4 is 11.6 Å². The Balaban J connectivity index is 2.78. The molecule has 0 bridgehead atoms. The fraction of sp³-hybridized carbons (Fsp3) is 0.545. The van der Waals surface area contributed by atoms with Crippen molar-refractivity contribution in [1.29, 1.82) is 0 Å². The lowest BCUT2D eigenvalue weighted by Crippen LogP contribution is -2.20. The first kappa shape index (κ1) is 11.5. The van der Waals surface area contributed by atoms with E-state index in [1.54, 1.807) is 6.20 Å². The molecule has 0 radical (unpaired) electrons. The van der Waals surface area contributed by atoms with Gasteiger partial charge in [0.15, 0.2) is 0 Å². The molecule has 1 aromatic rings. The molecule has 1 aromatic heterocycles. The van der Waals surface area contributed by atoms with E-state index < -0.39 is 0 Å². The maximum Gasteiger partial charge on any atom is 0.0759 e. The predicted molar refractivity (Wildman–Crippen MR) is 60.2 cm³/mol. The van der Waals surface area contributed by atoms with Crippen LogP contribution in [-0.2, 0) is 0 Å². The van der Waals surface area contributed by atoms with Crippen LogP contribution in [0.1, 0.15) is 38.4 Å². The van der Waals surface area contributed by atoms with Gasteiger partial charge in [0.05, 0.1) is 16.8 Å². The van der Waals surface area contributed by atoms with Crippen molar-refractivity contribution in [3.05, 3.63) is 29.0 Å². The van der Waals surface area contributed by atoms with Gasteiger partial charge in [0, 0.05) is 6.20 Å². The van der Waals surface area contributed by atoms with E-state index in [4.69, 9.17) is 17.3 Å². The van der Waals surface area contributed by atoms with Crippen LogP contribution in [0, 0.1) is 5.92 Å². The molecule has 1 rings (SSSR count). The van der Waals surface area contributed by atoms with Crippen LogP contribution in [-0.4, -0.2) is 4.98 Å². The van der Waals surface area contributed by atoms with Gasteiger partial charge in [-0.2, -0.15) is 0 Å². The van der Waals surface area contributed by atoms with Gasteiger partial charge in [0.1, 0.15) is 0 Å². The average Bonchev–Trinajstić information content (AvgIpc) is 2.18. The number of hydrogen-bond acceptors (Lipinski definition) is 2. The summed E-state index contributed by atoms with van der Waals surface area (Å²) in [4.78, 5) is 4.22. The number of rotatable bonds is 4. The van der Waals surface area contributed by atoms with Crippen molar-refractivity contribution in [2.45, 2.75) is 32.7 Å².